The van der Waals surface area contributed by atoms with E-state index >= 15 is 0 Å². The molecule has 8 nitrogen and oxygen atoms in total. The molecule has 0 spiro atoms. The highest BCUT2D eigenvalue weighted by molar-refractivity contribution is 5.99. The maximum absolute atomic E-state index is 12.5. The maximum atomic E-state index is 12.5. The van der Waals surface area contributed by atoms with E-state index in [1.54, 1.807) is 20.8 Å². The molecule has 1 aromatic heterocycles. The van der Waals surface area contributed by atoms with E-state index in [1.807, 2.05) is 38.1 Å². The van der Waals surface area contributed by atoms with Gasteiger partial charge in [0.15, 0.2) is 5.82 Å². The van der Waals surface area contributed by atoms with Gasteiger partial charge in [-0.1, -0.05) is 38.1 Å². The molecule has 146 valence electrons. The first-order chi connectivity index (χ1) is 12.6. The number of carbonyl (C=O) groups excluding carboxylic acids is 2. The smallest absolute Gasteiger partial charge is 0.408 e. The fraction of sp³-hybridized carbons (Fsp3) is 0.474. The molecule has 27 heavy (non-hydrogen) atoms. The summed E-state index contributed by atoms with van der Waals surface area (Å²) in [5.74, 6) is 0.479. The number of hydrogen-bond acceptors (Lipinski definition) is 5. The molecule has 2 aromatic rings. The largest absolute Gasteiger partial charge is 0.444 e. The molecular weight excluding hydrogens is 346 g/mol. The minimum absolute atomic E-state index is 0.172. The van der Waals surface area contributed by atoms with E-state index in [-0.39, 0.29) is 5.92 Å². The number of aromatic nitrogens is 1. The molecule has 1 heterocycles. The van der Waals surface area contributed by atoms with Crippen molar-refractivity contribution in [2.75, 3.05) is 5.73 Å². The Morgan fingerprint density at radius 2 is 1.85 bits per heavy atom. The zero-order valence-electron chi connectivity index (χ0n) is 16.4. The number of amides is 2. The van der Waals surface area contributed by atoms with Crippen molar-refractivity contribution in [2.45, 2.75) is 52.7 Å². The van der Waals surface area contributed by atoms with Crippen molar-refractivity contribution in [1.82, 2.24) is 10.3 Å². The van der Waals surface area contributed by atoms with E-state index in [0.29, 0.717) is 18.1 Å². The number of nitrogens with one attached hydrogen (secondary N) is 2. The maximum Gasteiger partial charge on any atom is 0.408 e. The summed E-state index contributed by atoms with van der Waals surface area (Å²) in [5.41, 5.74) is 5.26. The van der Waals surface area contributed by atoms with E-state index in [2.05, 4.69) is 20.5 Å². The lowest BCUT2D eigenvalue weighted by Gasteiger charge is -2.22. The first kappa shape index (κ1) is 20.4. The molecule has 0 saturated carbocycles. The topological polar surface area (TPSA) is 122 Å². The first-order valence-corrected chi connectivity index (χ1v) is 8.88. The van der Waals surface area contributed by atoms with Crippen LogP contribution >= 0.6 is 0 Å². The molecule has 0 unspecified atom stereocenters. The lowest BCUT2D eigenvalue weighted by atomic mass is 10.0. The van der Waals surface area contributed by atoms with E-state index in [9.17, 15) is 9.59 Å². The minimum atomic E-state index is -0.817. The van der Waals surface area contributed by atoms with Crippen LogP contribution in [0.3, 0.4) is 0 Å². The van der Waals surface area contributed by atoms with Gasteiger partial charge in [0.1, 0.15) is 17.5 Å². The van der Waals surface area contributed by atoms with Gasteiger partial charge in [-0.2, -0.15) is 0 Å². The molecule has 2 amide bonds. The van der Waals surface area contributed by atoms with Crippen molar-refractivity contribution in [2.24, 2.45) is 16.1 Å². The highest BCUT2D eigenvalue weighted by atomic mass is 16.6. The summed E-state index contributed by atoms with van der Waals surface area (Å²) in [6.07, 6.45) is -0.240. The molecule has 1 atom stereocenters. The molecule has 0 aliphatic carbocycles. The summed E-state index contributed by atoms with van der Waals surface area (Å²) in [4.78, 5) is 27.5. The average Bonchev–Trinajstić information content (AvgIpc) is 2.86. The van der Waals surface area contributed by atoms with Crippen molar-refractivity contribution < 1.29 is 14.3 Å². The Hall–Kier alpha value is -2.90. The van der Waals surface area contributed by atoms with Crippen molar-refractivity contribution in [3.63, 3.8) is 0 Å². The standard InChI is InChI=1S/C19H27N5O3/c1-11(2)10-14(21-18(26)27-19(3,4)5)17(25)24-23-16-13-9-7-6-8-12(13)15(20)22-16/h6-9,11,14,22H,10,20H2,1-5H3,(H,21,26)/t14-/m0/s1. The van der Waals surface area contributed by atoms with Gasteiger partial charge in [0, 0.05) is 10.8 Å². The van der Waals surface area contributed by atoms with E-state index in [1.165, 1.54) is 0 Å². The molecule has 0 bridgehead atoms. The summed E-state index contributed by atoms with van der Waals surface area (Å²) in [5, 5.41) is 12.0. The number of anilines is 1. The lowest BCUT2D eigenvalue weighted by Crippen LogP contribution is -2.43. The number of azo groups is 1. The second kappa shape index (κ2) is 8.20. The Morgan fingerprint density at radius 1 is 1.22 bits per heavy atom. The van der Waals surface area contributed by atoms with Crippen LogP contribution in [0.5, 0.6) is 0 Å². The van der Waals surface area contributed by atoms with Crippen LogP contribution in [0.2, 0.25) is 0 Å². The van der Waals surface area contributed by atoms with Crippen LogP contribution in [0.15, 0.2) is 34.5 Å². The van der Waals surface area contributed by atoms with Crippen molar-refractivity contribution in [1.29, 1.82) is 0 Å². The highest BCUT2D eigenvalue weighted by Gasteiger charge is 2.25. The molecule has 0 saturated heterocycles. The van der Waals surface area contributed by atoms with Crippen LogP contribution in [0, 0.1) is 5.92 Å². The number of rotatable bonds is 5. The SMILES string of the molecule is CC(C)C[C@H](NC(=O)OC(C)(C)C)C(=O)N=Nc1[nH]c(N)c2ccccc12. The summed E-state index contributed by atoms with van der Waals surface area (Å²) in [6, 6.07) is 6.59. The summed E-state index contributed by atoms with van der Waals surface area (Å²) >= 11 is 0. The third-order valence-electron chi connectivity index (χ3n) is 3.67. The first-order valence-electron chi connectivity index (χ1n) is 8.88. The monoisotopic (exact) mass is 373 g/mol. The van der Waals surface area contributed by atoms with E-state index in [0.717, 1.165) is 10.8 Å². The molecular formula is C19H27N5O3. The van der Waals surface area contributed by atoms with Gasteiger partial charge in [-0.15, -0.1) is 10.2 Å². The number of alkyl carbamates (subject to hydrolysis) is 1. The Balaban J connectivity index is 2.17. The fourth-order valence-corrected chi connectivity index (χ4v) is 2.58. The third kappa shape index (κ3) is 5.80. The number of nitrogens with zero attached hydrogens (tertiary/aromatic N) is 2. The summed E-state index contributed by atoms with van der Waals surface area (Å²) in [7, 11) is 0. The zero-order valence-corrected chi connectivity index (χ0v) is 16.4. The number of aromatic amines is 1. The second-order valence-corrected chi connectivity index (χ2v) is 7.80. The van der Waals surface area contributed by atoms with Crippen LogP contribution in [-0.4, -0.2) is 28.6 Å². The molecule has 0 radical (unpaired) electrons. The lowest BCUT2D eigenvalue weighted by molar-refractivity contribution is -0.120. The number of nitrogen functional groups attached to an aromatic ring is 1. The van der Waals surface area contributed by atoms with E-state index in [4.69, 9.17) is 10.5 Å². The zero-order chi connectivity index (χ0) is 20.2. The molecule has 1 aromatic carbocycles. The second-order valence-electron chi connectivity index (χ2n) is 7.80. The van der Waals surface area contributed by atoms with Crippen LogP contribution in [-0.2, 0) is 9.53 Å². The Bertz CT molecular complexity index is 849. The number of H-pyrrole nitrogens is 1. The van der Waals surface area contributed by atoms with Gasteiger partial charge in [-0.3, -0.25) is 4.79 Å². The minimum Gasteiger partial charge on any atom is -0.444 e. The van der Waals surface area contributed by atoms with Gasteiger partial charge in [0.05, 0.1) is 0 Å². The number of carbonyl (C=O) groups is 2. The van der Waals surface area contributed by atoms with Gasteiger partial charge in [0.25, 0.3) is 5.91 Å². The molecule has 0 fully saturated rings. The van der Waals surface area contributed by atoms with E-state index < -0.39 is 23.6 Å². The predicted octanol–water partition coefficient (Wildman–Crippen LogP) is 4.30. The Kier molecular flexibility index (Phi) is 6.20. The highest BCUT2D eigenvalue weighted by Crippen LogP contribution is 2.30. The predicted molar refractivity (Wildman–Crippen MR) is 105 cm³/mol. The van der Waals surface area contributed by atoms with Crippen LogP contribution < -0.4 is 11.1 Å². The quantitative estimate of drug-likeness (QED) is 0.676. The number of fused-ring (bicyclic) bond motifs is 1. The van der Waals surface area contributed by atoms with Crippen LogP contribution in [0.1, 0.15) is 41.0 Å². The van der Waals surface area contributed by atoms with Crippen LogP contribution in [0.25, 0.3) is 10.8 Å². The molecule has 8 heteroatoms. The molecule has 2 rings (SSSR count). The number of nitrogens with two attached hydrogens (primary N) is 1. The molecule has 0 aliphatic heterocycles. The number of benzene rings is 1. The molecule has 0 aliphatic rings. The molecule has 4 N–H and O–H groups in total. The van der Waals surface area contributed by atoms with Gasteiger partial charge in [-0.05, 0) is 33.1 Å². The van der Waals surface area contributed by atoms with Gasteiger partial charge >= 0.3 is 6.09 Å². The Labute approximate surface area is 158 Å². The Morgan fingerprint density at radius 3 is 2.44 bits per heavy atom. The van der Waals surface area contributed by atoms with Crippen molar-refractivity contribution in [3.8, 4) is 0 Å². The van der Waals surface area contributed by atoms with Gasteiger partial charge in [0.2, 0.25) is 0 Å². The third-order valence-corrected chi connectivity index (χ3v) is 3.67. The van der Waals surface area contributed by atoms with Gasteiger partial charge in [-0.25, -0.2) is 4.79 Å². The fourth-order valence-electron chi connectivity index (χ4n) is 2.58. The van der Waals surface area contributed by atoms with Crippen molar-refractivity contribution >= 4 is 34.4 Å². The van der Waals surface area contributed by atoms with Gasteiger partial charge < -0.3 is 20.8 Å². The average molecular weight is 373 g/mol. The summed E-state index contributed by atoms with van der Waals surface area (Å²) in [6.45, 7) is 9.17. The van der Waals surface area contributed by atoms with Crippen molar-refractivity contribution in [3.05, 3.63) is 24.3 Å². The normalized spacial score (nSPS) is 13.3. The number of ether oxygens (including phenoxy) is 1. The number of hydrogen-bond donors (Lipinski definition) is 3. The summed E-state index contributed by atoms with van der Waals surface area (Å²) < 4.78 is 5.23. The van der Waals surface area contributed by atoms with Crippen LogP contribution in [0.4, 0.5) is 16.4 Å².